The van der Waals surface area contributed by atoms with Crippen molar-refractivity contribution in [1.82, 2.24) is 9.88 Å². The number of fused-ring (bicyclic) bond motifs is 5. The number of benzene rings is 2. The number of carbonyl (C=O) groups excluding carboxylic acids is 3. The topological polar surface area (TPSA) is 88.6 Å². The molecule has 1 saturated heterocycles. The van der Waals surface area contributed by atoms with Crippen LogP contribution in [-0.2, 0) is 14.4 Å². The van der Waals surface area contributed by atoms with Crippen LogP contribution < -0.4 is 10.1 Å². The monoisotopic (exact) mass is 499 g/mol. The zero-order valence-electron chi connectivity index (χ0n) is 19.7. The lowest BCUT2D eigenvalue weighted by atomic mass is 9.85. The summed E-state index contributed by atoms with van der Waals surface area (Å²) in [6, 6.07) is 16.2. The molecule has 7 nitrogen and oxygen atoms in total. The van der Waals surface area contributed by atoms with E-state index in [9.17, 15) is 14.4 Å². The van der Waals surface area contributed by atoms with E-state index in [4.69, 9.17) is 4.74 Å². The Hall–Kier alpha value is -3.78. The van der Waals surface area contributed by atoms with E-state index in [1.165, 1.54) is 16.2 Å². The molecule has 0 radical (unpaired) electrons. The number of anilines is 1. The highest BCUT2D eigenvalue weighted by atomic mass is 32.1. The van der Waals surface area contributed by atoms with Crippen LogP contribution in [0.15, 0.2) is 72.1 Å². The number of rotatable bonds is 7. The Kier molecular flexibility index (Phi) is 5.68. The number of allylic oxidation sites excluding steroid dienone is 2. The normalized spacial score (nSPS) is 24.8. The van der Waals surface area contributed by atoms with Crippen LogP contribution in [-0.4, -0.2) is 34.7 Å². The zero-order chi connectivity index (χ0) is 24.8. The molecule has 6 rings (SSSR count). The van der Waals surface area contributed by atoms with E-state index in [2.05, 4.69) is 22.5 Å². The van der Waals surface area contributed by atoms with Crippen LogP contribution in [0.4, 0.5) is 5.13 Å². The number of likely N-dealkylation sites (tertiary alicyclic amines) is 1. The number of aromatic nitrogens is 1. The molecule has 2 heterocycles. The van der Waals surface area contributed by atoms with Crippen LogP contribution >= 0.6 is 11.3 Å². The zero-order valence-corrected chi connectivity index (χ0v) is 20.5. The van der Waals surface area contributed by atoms with Gasteiger partial charge in [0.1, 0.15) is 5.75 Å². The highest BCUT2D eigenvalue weighted by Gasteiger charge is 2.60. The van der Waals surface area contributed by atoms with Crippen molar-refractivity contribution in [3.05, 3.63) is 77.7 Å². The average Bonchev–Trinajstić information content (AvgIpc) is 3.68. The van der Waals surface area contributed by atoms with Gasteiger partial charge >= 0.3 is 0 Å². The van der Waals surface area contributed by atoms with E-state index in [0.29, 0.717) is 10.9 Å². The Morgan fingerprint density at radius 2 is 1.72 bits per heavy atom. The Labute approximate surface area is 212 Å². The molecule has 182 valence electrons. The maximum absolute atomic E-state index is 13.5. The van der Waals surface area contributed by atoms with Crippen LogP contribution in [0.1, 0.15) is 24.4 Å². The van der Waals surface area contributed by atoms with Gasteiger partial charge in [-0.15, -0.1) is 11.3 Å². The summed E-state index contributed by atoms with van der Waals surface area (Å²) in [4.78, 5) is 46.1. The van der Waals surface area contributed by atoms with Crippen molar-refractivity contribution < 1.29 is 19.1 Å². The summed E-state index contributed by atoms with van der Waals surface area (Å²) in [5, 5.41) is 5.24. The van der Waals surface area contributed by atoms with Gasteiger partial charge < -0.3 is 10.1 Å². The lowest BCUT2D eigenvalue weighted by Crippen LogP contribution is -2.38. The molecule has 2 aliphatic carbocycles. The second-order valence-corrected chi connectivity index (χ2v) is 10.3. The number of methoxy groups -OCH3 is 1. The predicted molar refractivity (Wildman–Crippen MR) is 136 cm³/mol. The first-order chi connectivity index (χ1) is 17.5. The van der Waals surface area contributed by atoms with Crippen LogP contribution in [0.5, 0.6) is 5.75 Å². The minimum absolute atomic E-state index is 0.0493. The van der Waals surface area contributed by atoms with Crippen molar-refractivity contribution in [3.63, 3.8) is 0 Å². The third-order valence-corrected chi connectivity index (χ3v) is 8.27. The van der Waals surface area contributed by atoms with E-state index < -0.39 is 6.04 Å². The molecule has 5 unspecified atom stereocenters. The van der Waals surface area contributed by atoms with Gasteiger partial charge in [-0.25, -0.2) is 4.98 Å². The largest absolute Gasteiger partial charge is 0.497 e. The van der Waals surface area contributed by atoms with E-state index in [0.717, 1.165) is 23.2 Å². The number of nitrogens with zero attached hydrogens (tertiary/aromatic N) is 2. The number of hydrogen-bond acceptors (Lipinski definition) is 6. The minimum atomic E-state index is -0.700. The summed E-state index contributed by atoms with van der Waals surface area (Å²) < 4.78 is 5.27. The number of imide groups is 1. The summed E-state index contributed by atoms with van der Waals surface area (Å²) in [7, 11) is 1.58. The van der Waals surface area contributed by atoms with Crippen LogP contribution in [0.3, 0.4) is 0 Å². The fourth-order valence-corrected chi connectivity index (χ4v) is 6.57. The minimum Gasteiger partial charge on any atom is -0.497 e. The fourth-order valence-electron chi connectivity index (χ4n) is 5.84. The summed E-state index contributed by atoms with van der Waals surface area (Å²) >= 11 is 1.34. The van der Waals surface area contributed by atoms with Crippen molar-refractivity contribution in [2.75, 3.05) is 12.4 Å². The summed E-state index contributed by atoms with van der Waals surface area (Å²) in [5.41, 5.74) is 2.47. The van der Waals surface area contributed by atoms with E-state index >= 15 is 0 Å². The molecule has 2 fully saturated rings. The Balaban J connectivity index is 1.25. The molecule has 8 heteroatoms. The molecule has 0 spiro atoms. The standard InChI is InChI=1S/C28H25N3O4S/c1-35-20-11-9-17(10-12-20)22(31-26(33)24-18-7-8-19(13-18)25(24)27(31)34)14-23(32)30-28-29-21(15-36-28)16-5-3-2-4-6-16/h2-12,15,18-19,22,24-25H,13-14H2,1H3,(H,29,30,32). The molecule has 1 aromatic heterocycles. The third kappa shape index (κ3) is 3.82. The molecule has 36 heavy (non-hydrogen) atoms. The molecular formula is C28H25N3O4S. The molecule has 1 N–H and O–H groups in total. The number of amides is 3. The Morgan fingerprint density at radius 3 is 2.36 bits per heavy atom. The number of ether oxygens (including phenoxy) is 1. The van der Waals surface area contributed by atoms with Gasteiger partial charge in [0.05, 0.1) is 37.1 Å². The fraction of sp³-hybridized carbons (Fsp3) is 0.286. The average molecular weight is 500 g/mol. The number of carbonyl (C=O) groups is 3. The molecule has 1 aliphatic heterocycles. The SMILES string of the molecule is COc1ccc(C(CC(=O)Nc2nc(-c3ccccc3)cs2)N2C(=O)C3C4C=CC(C4)C3C2=O)cc1. The van der Waals surface area contributed by atoms with Crippen LogP contribution in [0.25, 0.3) is 11.3 Å². The van der Waals surface area contributed by atoms with Gasteiger partial charge in [0.2, 0.25) is 17.7 Å². The second-order valence-electron chi connectivity index (χ2n) is 9.49. The van der Waals surface area contributed by atoms with Gasteiger partial charge in [-0.2, -0.15) is 0 Å². The molecule has 3 amide bonds. The van der Waals surface area contributed by atoms with Gasteiger partial charge in [-0.05, 0) is 36.0 Å². The Bertz CT molecular complexity index is 1320. The lowest BCUT2D eigenvalue weighted by molar-refractivity contribution is -0.144. The third-order valence-electron chi connectivity index (χ3n) is 7.52. The highest BCUT2D eigenvalue weighted by molar-refractivity contribution is 7.14. The smallest absolute Gasteiger partial charge is 0.234 e. The first-order valence-corrected chi connectivity index (χ1v) is 12.9. The van der Waals surface area contributed by atoms with Gasteiger partial charge in [0.25, 0.3) is 0 Å². The van der Waals surface area contributed by atoms with Crippen LogP contribution in [0, 0.1) is 23.7 Å². The van der Waals surface area contributed by atoms with Gasteiger partial charge in [0, 0.05) is 10.9 Å². The Morgan fingerprint density at radius 1 is 1.06 bits per heavy atom. The highest BCUT2D eigenvalue weighted by Crippen LogP contribution is 2.54. The van der Waals surface area contributed by atoms with E-state index in [1.807, 2.05) is 47.8 Å². The van der Waals surface area contributed by atoms with E-state index in [-0.39, 0.29) is 47.8 Å². The van der Waals surface area contributed by atoms with Crippen molar-refractivity contribution in [1.29, 1.82) is 0 Å². The van der Waals surface area contributed by atoms with Gasteiger partial charge in [0.15, 0.2) is 5.13 Å². The lowest BCUT2D eigenvalue weighted by Gasteiger charge is -2.28. The maximum atomic E-state index is 13.5. The molecular weight excluding hydrogens is 474 g/mol. The van der Waals surface area contributed by atoms with Crippen molar-refractivity contribution >= 4 is 34.2 Å². The predicted octanol–water partition coefficient (Wildman–Crippen LogP) is 4.70. The van der Waals surface area contributed by atoms with E-state index in [1.54, 1.807) is 19.2 Å². The number of hydrogen-bond donors (Lipinski definition) is 1. The van der Waals surface area contributed by atoms with Crippen molar-refractivity contribution in [3.8, 4) is 17.0 Å². The maximum Gasteiger partial charge on any atom is 0.234 e. The quantitative estimate of drug-likeness (QED) is 0.376. The summed E-state index contributed by atoms with van der Waals surface area (Å²) in [5.74, 6) is -0.392. The first kappa shape index (κ1) is 22.7. The molecule has 3 aliphatic rings. The van der Waals surface area contributed by atoms with Gasteiger partial charge in [-0.3, -0.25) is 19.3 Å². The summed E-state index contributed by atoms with van der Waals surface area (Å²) in [6.45, 7) is 0. The molecule has 1 saturated carbocycles. The number of nitrogens with one attached hydrogen (secondary N) is 1. The molecule has 2 aromatic carbocycles. The molecule has 5 atom stereocenters. The number of thiazole rings is 1. The summed E-state index contributed by atoms with van der Waals surface area (Å²) in [6.07, 6.45) is 4.96. The van der Waals surface area contributed by atoms with Crippen LogP contribution in [0.2, 0.25) is 0 Å². The second kappa shape index (κ2) is 9.02. The van der Waals surface area contributed by atoms with Crippen molar-refractivity contribution in [2.45, 2.75) is 18.9 Å². The molecule has 2 bridgehead atoms. The molecule has 3 aromatic rings. The first-order valence-electron chi connectivity index (χ1n) is 12.0. The van der Waals surface area contributed by atoms with Crippen molar-refractivity contribution in [2.24, 2.45) is 23.7 Å². The van der Waals surface area contributed by atoms with Gasteiger partial charge in [-0.1, -0.05) is 54.6 Å².